The average molecular weight is 296 g/mol. The minimum absolute atomic E-state index is 0.555. The van der Waals surface area contributed by atoms with Gasteiger partial charge in [0.15, 0.2) is 0 Å². The zero-order valence-electron chi connectivity index (χ0n) is 14.5. The number of nitrogens with zero attached hydrogens (tertiary/aromatic N) is 2. The molecule has 0 aromatic rings. The summed E-state index contributed by atoms with van der Waals surface area (Å²) in [7, 11) is 0. The van der Waals surface area contributed by atoms with Crippen LogP contribution in [0, 0.1) is 5.41 Å². The zero-order chi connectivity index (χ0) is 15.0. The first-order valence-corrected chi connectivity index (χ1v) is 9.43. The lowest BCUT2D eigenvalue weighted by molar-refractivity contribution is 0.0749. The Bertz CT molecular complexity index is 264. The van der Waals surface area contributed by atoms with Crippen LogP contribution in [0.2, 0.25) is 0 Å². The quantitative estimate of drug-likeness (QED) is 0.729. The summed E-state index contributed by atoms with van der Waals surface area (Å²) < 4.78 is 0. The van der Waals surface area contributed by atoms with E-state index in [2.05, 4.69) is 29.0 Å². The van der Waals surface area contributed by atoms with Gasteiger partial charge in [0.1, 0.15) is 0 Å². The Labute approximate surface area is 132 Å². The normalized spacial score (nSPS) is 24.9. The average Bonchev–Trinajstić information content (AvgIpc) is 2.74. The van der Waals surface area contributed by atoms with E-state index < -0.39 is 0 Å². The summed E-state index contributed by atoms with van der Waals surface area (Å²) in [6.07, 6.45) is 9.98. The van der Waals surface area contributed by atoms with E-state index in [4.69, 9.17) is 0 Å². The fourth-order valence-corrected chi connectivity index (χ4v) is 4.22. The molecule has 2 fully saturated rings. The third-order valence-corrected chi connectivity index (χ3v) is 5.48. The van der Waals surface area contributed by atoms with E-state index in [0.29, 0.717) is 5.41 Å². The van der Waals surface area contributed by atoms with Crippen molar-refractivity contribution >= 4 is 0 Å². The van der Waals surface area contributed by atoms with Gasteiger partial charge in [-0.1, -0.05) is 39.5 Å². The standard InChI is InChI=1S/C18H37N3/c1-3-11-20-12-14-21(15-13-20)17-18(16-19-4-2)9-7-5-6-8-10-18/h19H,3-17H2,1-2H3. The van der Waals surface area contributed by atoms with Crippen molar-refractivity contribution in [3.63, 3.8) is 0 Å². The lowest BCUT2D eigenvalue weighted by Gasteiger charge is -2.42. The third kappa shape index (κ3) is 5.54. The summed E-state index contributed by atoms with van der Waals surface area (Å²) in [4.78, 5) is 5.40. The largest absolute Gasteiger partial charge is 0.316 e. The van der Waals surface area contributed by atoms with Crippen molar-refractivity contribution in [2.75, 3.05) is 52.4 Å². The molecule has 0 radical (unpaired) electrons. The van der Waals surface area contributed by atoms with Crippen LogP contribution in [-0.2, 0) is 0 Å². The lowest BCUT2D eigenvalue weighted by Crippen LogP contribution is -2.51. The van der Waals surface area contributed by atoms with Crippen molar-refractivity contribution in [3.05, 3.63) is 0 Å². The zero-order valence-corrected chi connectivity index (χ0v) is 14.5. The van der Waals surface area contributed by atoms with E-state index in [1.807, 2.05) is 0 Å². The van der Waals surface area contributed by atoms with Crippen molar-refractivity contribution in [2.24, 2.45) is 5.41 Å². The second-order valence-electron chi connectivity index (χ2n) is 7.31. The molecule has 21 heavy (non-hydrogen) atoms. The highest BCUT2D eigenvalue weighted by Crippen LogP contribution is 2.35. The molecule has 0 atom stereocenters. The molecule has 3 heteroatoms. The highest BCUT2D eigenvalue weighted by molar-refractivity contribution is 4.88. The second-order valence-corrected chi connectivity index (χ2v) is 7.31. The first kappa shape index (κ1) is 17.2. The van der Waals surface area contributed by atoms with Gasteiger partial charge in [-0.3, -0.25) is 0 Å². The molecule has 3 nitrogen and oxygen atoms in total. The van der Waals surface area contributed by atoms with Crippen LogP contribution < -0.4 is 5.32 Å². The van der Waals surface area contributed by atoms with Crippen molar-refractivity contribution in [3.8, 4) is 0 Å². The molecule has 1 saturated heterocycles. The summed E-state index contributed by atoms with van der Waals surface area (Å²) in [5, 5.41) is 3.67. The predicted molar refractivity (Wildman–Crippen MR) is 91.8 cm³/mol. The molecule has 1 heterocycles. The Kier molecular flexibility index (Phi) is 7.48. The van der Waals surface area contributed by atoms with Crippen molar-refractivity contribution in [1.82, 2.24) is 15.1 Å². The van der Waals surface area contributed by atoms with Gasteiger partial charge in [0, 0.05) is 39.3 Å². The maximum atomic E-state index is 3.67. The Morgan fingerprint density at radius 1 is 0.857 bits per heavy atom. The smallest absolute Gasteiger partial charge is 0.0110 e. The van der Waals surface area contributed by atoms with E-state index in [1.165, 1.54) is 90.8 Å². The Balaban J connectivity index is 1.86. The molecule has 2 rings (SSSR count). The van der Waals surface area contributed by atoms with Gasteiger partial charge in [-0.25, -0.2) is 0 Å². The molecule has 0 aromatic heterocycles. The molecule has 0 aromatic carbocycles. The van der Waals surface area contributed by atoms with Crippen LogP contribution in [0.5, 0.6) is 0 Å². The second kappa shape index (κ2) is 9.12. The molecular formula is C18H37N3. The molecule has 1 N–H and O–H groups in total. The Morgan fingerprint density at radius 3 is 2.05 bits per heavy atom. The van der Waals surface area contributed by atoms with Gasteiger partial charge in [0.25, 0.3) is 0 Å². The van der Waals surface area contributed by atoms with Gasteiger partial charge in [-0.05, 0) is 37.8 Å². The molecule has 0 bridgehead atoms. The summed E-state index contributed by atoms with van der Waals surface area (Å²) in [6.45, 7) is 14.6. The summed E-state index contributed by atoms with van der Waals surface area (Å²) in [5.74, 6) is 0. The number of nitrogens with one attached hydrogen (secondary N) is 1. The molecule has 0 amide bonds. The van der Waals surface area contributed by atoms with Gasteiger partial charge in [0.2, 0.25) is 0 Å². The number of hydrogen-bond donors (Lipinski definition) is 1. The predicted octanol–water partition coefficient (Wildman–Crippen LogP) is 2.96. The van der Waals surface area contributed by atoms with Crippen LogP contribution in [0.25, 0.3) is 0 Å². The third-order valence-electron chi connectivity index (χ3n) is 5.48. The van der Waals surface area contributed by atoms with Crippen LogP contribution >= 0.6 is 0 Å². The van der Waals surface area contributed by atoms with E-state index in [0.717, 1.165) is 6.54 Å². The molecule has 1 aliphatic carbocycles. The molecule has 124 valence electrons. The van der Waals surface area contributed by atoms with E-state index in [-0.39, 0.29) is 0 Å². The maximum Gasteiger partial charge on any atom is 0.0110 e. The first-order chi connectivity index (χ1) is 10.3. The van der Waals surface area contributed by atoms with Crippen LogP contribution in [-0.4, -0.2) is 62.2 Å². The minimum Gasteiger partial charge on any atom is -0.316 e. The maximum absolute atomic E-state index is 3.67. The fourth-order valence-electron chi connectivity index (χ4n) is 4.22. The number of hydrogen-bond acceptors (Lipinski definition) is 3. The van der Waals surface area contributed by atoms with Crippen molar-refractivity contribution in [1.29, 1.82) is 0 Å². The van der Waals surface area contributed by atoms with E-state index in [1.54, 1.807) is 0 Å². The van der Waals surface area contributed by atoms with Gasteiger partial charge in [-0.2, -0.15) is 0 Å². The molecule has 0 spiro atoms. The SMILES string of the molecule is CCCN1CCN(CC2(CNCC)CCCCCC2)CC1. The van der Waals surface area contributed by atoms with Crippen molar-refractivity contribution in [2.45, 2.75) is 58.8 Å². The summed E-state index contributed by atoms with van der Waals surface area (Å²) in [5.41, 5.74) is 0.555. The highest BCUT2D eigenvalue weighted by Gasteiger charge is 2.33. The lowest BCUT2D eigenvalue weighted by atomic mass is 9.79. The monoisotopic (exact) mass is 295 g/mol. The van der Waals surface area contributed by atoms with E-state index >= 15 is 0 Å². The Morgan fingerprint density at radius 2 is 1.48 bits per heavy atom. The molecular weight excluding hydrogens is 258 g/mol. The molecule has 2 aliphatic rings. The number of rotatable bonds is 7. The number of piperazine rings is 1. The summed E-state index contributed by atoms with van der Waals surface area (Å²) in [6, 6.07) is 0. The van der Waals surface area contributed by atoms with Gasteiger partial charge in [0.05, 0.1) is 0 Å². The summed E-state index contributed by atoms with van der Waals surface area (Å²) >= 11 is 0. The fraction of sp³-hybridized carbons (Fsp3) is 1.00. The Hall–Kier alpha value is -0.120. The topological polar surface area (TPSA) is 18.5 Å². The molecule has 1 aliphatic heterocycles. The van der Waals surface area contributed by atoms with Crippen LogP contribution in [0.3, 0.4) is 0 Å². The first-order valence-electron chi connectivity index (χ1n) is 9.43. The molecule has 0 unspecified atom stereocenters. The van der Waals surface area contributed by atoms with Crippen LogP contribution in [0.4, 0.5) is 0 Å². The van der Waals surface area contributed by atoms with Crippen LogP contribution in [0.15, 0.2) is 0 Å². The molecule has 1 saturated carbocycles. The van der Waals surface area contributed by atoms with Gasteiger partial charge < -0.3 is 15.1 Å². The van der Waals surface area contributed by atoms with Crippen LogP contribution in [0.1, 0.15) is 58.8 Å². The van der Waals surface area contributed by atoms with E-state index in [9.17, 15) is 0 Å². The van der Waals surface area contributed by atoms with Crippen molar-refractivity contribution < 1.29 is 0 Å². The minimum atomic E-state index is 0.555. The van der Waals surface area contributed by atoms with Gasteiger partial charge in [-0.15, -0.1) is 0 Å². The highest BCUT2D eigenvalue weighted by atomic mass is 15.3. The van der Waals surface area contributed by atoms with Gasteiger partial charge >= 0.3 is 0 Å².